The SMILES string of the molecule is CN(C)CCN(CC1CCCO1)C(=O)NCc1ncc[nH]1. The number of carbonyl (C=O) groups is 1. The van der Waals surface area contributed by atoms with Gasteiger partial charge in [0.2, 0.25) is 0 Å². The minimum absolute atomic E-state index is 0.0660. The van der Waals surface area contributed by atoms with Gasteiger partial charge in [0.05, 0.1) is 12.6 Å². The molecule has 1 atom stereocenters. The smallest absolute Gasteiger partial charge is 0.317 e. The van der Waals surface area contributed by atoms with Gasteiger partial charge in [0.25, 0.3) is 0 Å². The Balaban J connectivity index is 1.84. The van der Waals surface area contributed by atoms with E-state index in [2.05, 4.69) is 20.2 Å². The van der Waals surface area contributed by atoms with Gasteiger partial charge in [-0.15, -0.1) is 0 Å². The van der Waals surface area contributed by atoms with Crippen molar-refractivity contribution in [1.29, 1.82) is 0 Å². The van der Waals surface area contributed by atoms with E-state index < -0.39 is 0 Å². The maximum atomic E-state index is 12.3. The van der Waals surface area contributed by atoms with Crippen molar-refractivity contribution in [3.05, 3.63) is 18.2 Å². The lowest BCUT2D eigenvalue weighted by atomic mass is 10.2. The Morgan fingerprint density at radius 1 is 1.52 bits per heavy atom. The number of H-pyrrole nitrogens is 1. The van der Waals surface area contributed by atoms with E-state index in [1.165, 1.54) is 0 Å². The van der Waals surface area contributed by atoms with Gasteiger partial charge in [-0.3, -0.25) is 0 Å². The first-order chi connectivity index (χ1) is 10.1. The minimum atomic E-state index is -0.0660. The fourth-order valence-corrected chi connectivity index (χ4v) is 2.30. The molecule has 7 heteroatoms. The molecule has 0 aliphatic carbocycles. The number of amides is 2. The molecule has 1 unspecified atom stereocenters. The molecule has 1 aliphatic rings. The van der Waals surface area contributed by atoms with Crippen LogP contribution in [0.2, 0.25) is 0 Å². The highest BCUT2D eigenvalue weighted by atomic mass is 16.5. The second-order valence-electron chi connectivity index (χ2n) is 5.58. The lowest BCUT2D eigenvalue weighted by molar-refractivity contribution is 0.0795. The summed E-state index contributed by atoms with van der Waals surface area (Å²) in [6.45, 7) is 3.39. The monoisotopic (exact) mass is 295 g/mol. The normalized spacial score (nSPS) is 18.1. The van der Waals surface area contributed by atoms with Gasteiger partial charge in [-0.2, -0.15) is 0 Å². The Morgan fingerprint density at radius 2 is 2.38 bits per heavy atom. The third kappa shape index (κ3) is 5.35. The van der Waals surface area contributed by atoms with Crippen molar-refractivity contribution >= 4 is 6.03 Å². The number of rotatable bonds is 7. The fraction of sp³-hybridized carbons (Fsp3) is 0.714. The summed E-state index contributed by atoms with van der Waals surface area (Å²) in [6.07, 6.45) is 5.71. The summed E-state index contributed by atoms with van der Waals surface area (Å²) < 4.78 is 5.64. The molecule has 2 heterocycles. The van der Waals surface area contributed by atoms with Crippen molar-refractivity contribution in [1.82, 2.24) is 25.1 Å². The van der Waals surface area contributed by atoms with E-state index in [0.29, 0.717) is 19.6 Å². The minimum Gasteiger partial charge on any atom is -0.376 e. The highest BCUT2D eigenvalue weighted by Crippen LogP contribution is 2.13. The molecule has 0 radical (unpaired) electrons. The van der Waals surface area contributed by atoms with Crippen LogP contribution in [0.5, 0.6) is 0 Å². The molecule has 0 aromatic carbocycles. The fourth-order valence-electron chi connectivity index (χ4n) is 2.30. The number of aromatic nitrogens is 2. The summed E-state index contributed by atoms with van der Waals surface area (Å²) in [5.74, 6) is 0.757. The number of imidazole rings is 1. The summed E-state index contributed by atoms with van der Waals surface area (Å²) in [5.41, 5.74) is 0. The van der Waals surface area contributed by atoms with Crippen LogP contribution in [0, 0.1) is 0 Å². The molecule has 1 aliphatic heterocycles. The molecular formula is C14H25N5O2. The zero-order chi connectivity index (χ0) is 15.1. The van der Waals surface area contributed by atoms with Crippen molar-refractivity contribution in [3.8, 4) is 0 Å². The number of likely N-dealkylation sites (N-methyl/N-ethyl adjacent to an activating group) is 1. The first-order valence-corrected chi connectivity index (χ1v) is 7.42. The Kier molecular flexibility index (Phi) is 6.01. The predicted octanol–water partition coefficient (Wildman–Crippen LogP) is 0.662. The molecule has 1 aromatic rings. The van der Waals surface area contributed by atoms with Gasteiger partial charge in [-0.25, -0.2) is 9.78 Å². The number of hydrogen-bond donors (Lipinski definition) is 2. The van der Waals surface area contributed by atoms with Gasteiger partial charge in [-0.05, 0) is 26.9 Å². The second-order valence-corrected chi connectivity index (χ2v) is 5.58. The number of nitrogens with one attached hydrogen (secondary N) is 2. The molecule has 2 rings (SSSR count). The Bertz CT molecular complexity index is 415. The standard InChI is InChI=1S/C14H25N5O2/c1-18(2)7-8-19(11-12-4-3-9-21-12)14(20)17-10-13-15-5-6-16-13/h5-6,12H,3-4,7-11H2,1-2H3,(H,15,16)(H,17,20). The van der Waals surface area contributed by atoms with Gasteiger partial charge < -0.3 is 24.8 Å². The number of urea groups is 1. The Morgan fingerprint density at radius 3 is 3.00 bits per heavy atom. The largest absolute Gasteiger partial charge is 0.376 e. The van der Waals surface area contributed by atoms with Crippen LogP contribution in [-0.4, -0.2) is 72.2 Å². The highest BCUT2D eigenvalue weighted by molar-refractivity contribution is 5.74. The van der Waals surface area contributed by atoms with Gasteiger partial charge in [0.1, 0.15) is 5.82 Å². The van der Waals surface area contributed by atoms with Crippen LogP contribution in [0.25, 0.3) is 0 Å². The van der Waals surface area contributed by atoms with E-state index in [0.717, 1.165) is 31.8 Å². The average molecular weight is 295 g/mol. The summed E-state index contributed by atoms with van der Waals surface area (Å²) in [4.78, 5) is 23.3. The molecule has 0 saturated carbocycles. The Hall–Kier alpha value is -1.60. The third-order valence-electron chi connectivity index (χ3n) is 3.51. The third-order valence-corrected chi connectivity index (χ3v) is 3.51. The van der Waals surface area contributed by atoms with E-state index in [4.69, 9.17) is 4.74 Å². The number of carbonyl (C=O) groups excluding carboxylic acids is 1. The Labute approximate surface area is 125 Å². The van der Waals surface area contributed by atoms with Crippen LogP contribution >= 0.6 is 0 Å². The average Bonchev–Trinajstić information content (AvgIpc) is 3.13. The second kappa shape index (κ2) is 7.99. The maximum absolute atomic E-state index is 12.3. The molecule has 118 valence electrons. The molecule has 2 amide bonds. The van der Waals surface area contributed by atoms with Crippen LogP contribution in [0.3, 0.4) is 0 Å². The van der Waals surface area contributed by atoms with Crippen molar-refractivity contribution in [3.63, 3.8) is 0 Å². The molecule has 1 saturated heterocycles. The van der Waals surface area contributed by atoms with E-state index in [-0.39, 0.29) is 12.1 Å². The molecule has 7 nitrogen and oxygen atoms in total. The first kappa shape index (κ1) is 15.8. The van der Waals surface area contributed by atoms with E-state index in [9.17, 15) is 4.79 Å². The molecule has 2 N–H and O–H groups in total. The molecule has 1 aromatic heterocycles. The maximum Gasteiger partial charge on any atom is 0.317 e. The van der Waals surface area contributed by atoms with Crippen molar-refractivity contribution in [2.45, 2.75) is 25.5 Å². The molecule has 1 fully saturated rings. The van der Waals surface area contributed by atoms with Crippen LogP contribution in [-0.2, 0) is 11.3 Å². The van der Waals surface area contributed by atoms with Gasteiger partial charge in [-0.1, -0.05) is 0 Å². The van der Waals surface area contributed by atoms with Crippen LogP contribution < -0.4 is 5.32 Å². The van der Waals surface area contributed by atoms with E-state index in [1.807, 2.05) is 19.0 Å². The van der Waals surface area contributed by atoms with Crippen molar-refractivity contribution in [2.75, 3.05) is 40.3 Å². The van der Waals surface area contributed by atoms with Crippen LogP contribution in [0.4, 0.5) is 4.79 Å². The van der Waals surface area contributed by atoms with Gasteiger partial charge in [0, 0.05) is 38.6 Å². The van der Waals surface area contributed by atoms with Crippen molar-refractivity contribution in [2.24, 2.45) is 0 Å². The number of hydrogen-bond acceptors (Lipinski definition) is 4. The van der Waals surface area contributed by atoms with Crippen LogP contribution in [0.1, 0.15) is 18.7 Å². The number of nitrogens with zero attached hydrogens (tertiary/aromatic N) is 3. The highest BCUT2D eigenvalue weighted by Gasteiger charge is 2.22. The van der Waals surface area contributed by atoms with Gasteiger partial charge >= 0.3 is 6.03 Å². The molecule has 0 spiro atoms. The van der Waals surface area contributed by atoms with Gasteiger partial charge in [0.15, 0.2) is 0 Å². The number of ether oxygens (including phenoxy) is 1. The summed E-state index contributed by atoms with van der Waals surface area (Å²) in [6, 6.07) is -0.0660. The lowest BCUT2D eigenvalue weighted by Gasteiger charge is -2.26. The summed E-state index contributed by atoms with van der Waals surface area (Å²) >= 11 is 0. The molecular weight excluding hydrogens is 270 g/mol. The van der Waals surface area contributed by atoms with Crippen LogP contribution in [0.15, 0.2) is 12.4 Å². The summed E-state index contributed by atoms with van der Waals surface area (Å²) in [7, 11) is 4.01. The first-order valence-electron chi connectivity index (χ1n) is 7.42. The number of aromatic amines is 1. The quantitative estimate of drug-likeness (QED) is 0.775. The lowest BCUT2D eigenvalue weighted by Crippen LogP contribution is -2.46. The topological polar surface area (TPSA) is 73.5 Å². The van der Waals surface area contributed by atoms with Crippen molar-refractivity contribution < 1.29 is 9.53 Å². The predicted molar refractivity (Wildman–Crippen MR) is 79.9 cm³/mol. The van der Waals surface area contributed by atoms with E-state index in [1.54, 1.807) is 12.4 Å². The van der Waals surface area contributed by atoms with E-state index >= 15 is 0 Å². The summed E-state index contributed by atoms with van der Waals surface area (Å²) in [5, 5.41) is 2.90. The molecule has 0 bridgehead atoms. The zero-order valence-electron chi connectivity index (χ0n) is 12.8. The zero-order valence-corrected chi connectivity index (χ0v) is 12.8. The molecule has 21 heavy (non-hydrogen) atoms.